The second kappa shape index (κ2) is 8.62. The number of aromatic nitrogens is 1. The first-order valence-corrected chi connectivity index (χ1v) is 12.8. The van der Waals surface area contributed by atoms with Crippen LogP contribution in [-0.4, -0.2) is 32.1 Å². The quantitative estimate of drug-likeness (QED) is 0.464. The van der Waals surface area contributed by atoms with Gasteiger partial charge in [-0.05, 0) is 37.3 Å². The zero-order valence-electron chi connectivity index (χ0n) is 18.4. The minimum absolute atomic E-state index is 0.146. The Morgan fingerprint density at radius 2 is 1.74 bits per heavy atom. The Hall–Kier alpha value is -3.63. The first-order valence-electron chi connectivity index (χ1n) is 10.5. The molecule has 0 saturated carbocycles. The Kier molecular flexibility index (Phi) is 5.62. The van der Waals surface area contributed by atoms with Crippen LogP contribution in [0.15, 0.2) is 70.6 Å². The number of nitrogens with zero attached hydrogens (tertiary/aromatic N) is 2. The monoisotopic (exact) mass is 495 g/mol. The van der Waals surface area contributed by atoms with E-state index in [0.717, 1.165) is 15.8 Å². The summed E-state index contributed by atoms with van der Waals surface area (Å²) in [6.07, 6.45) is 0. The molecule has 34 heavy (non-hydrogen) atoms. The molecule has 2 heterocycles. The van der Waals surface area contributed by atoms with E-state index in [1.807, 2.05) is 30.7 Å². The van der Waals surface area contributed by atoms with E-state index in [1.54, 1.807) is 30.3 Å². The van der Waals surface area contributed by atoms with E-state index in [2.05, 4.69) is 9.71 Å². The molecule has 0 unspecified atom stereocenters. The van der Waals surface area contributed by atoms with E-state index in [0.29, 0.717) is 29.5 Å². The van der Waals surface area contributed by atoms with Crippen LogP contribution in [0.3, 0.4) is 0 Å². The average molecular weight is 496 g/mol. The van der Waals surface area contributed by atoms with Gasteiger partial charge in [0.25, 0.3) is 15.9 Å². The van der Waals surface area contributed by atoms with Gasteiger partial charge in [-0.2, -0.15) is 4.99 Å². The average Bonchev–Trinajstić information content (AvgIpc) is 3.12. The number of hydrogen-bond acceptors (Lipinski definition) is 6. The van der Waals surface area contributed by atoms with Gasteiger partial charge in [-0.15, -0.1) is 0 Å². The molecular weight excluding hydrogens is 474 g/mol. The molecule has 10 heteroatoms. The molecule has 1 N–H and O–H groups in total. The zero-order chi connectivity index (χ0) is 23.9. The summed E-state index contributed by atoms with van der Waals surface area (Å²) in [5.41, 5.74) is 2.39. The molecule has 174 valence electrons. The first-order chi connectivity index (χ1) is 16.3. The number of fused-ring (bicyclic) bond motifs is 2. The summed E-state index contributed by atoms with van der Waals surface area (Å²) in [7, 11) is -1.95. The van der Waals surface area contributed by atoms with Crippen LogP contribution < -0.4 is 19.0 Å². The molecule has 1 aliphatic rings. The molecule has 0 saturated heterocycles. The number of ether oxygens (including phenoxy) is 2. The smallest absolute Gasteiger partial charge is 0.279 e. The van der Waals surface area contributed by atoms with Gasteiger partial charge < -0.3 is 14.0 Å². The number of hydrogen-bond donors (Lipinski definition) is 1. The normalized spacial score (nSPS) is 13.8. The molecule has 0 atom stereocenters. The van der Waals surface area contributed by atoms with Crippen LogP contribution in [0.5, 0.6) is 11.5 Å². The number of anilines is 1. The molecule has 3 aromatic carbocycles. The maximum Gasteiger partial charge on any atom is 0.279 e. The van der Waals surface area contributed by atoms with Crippen molar-refractivity contribution >= 4 is 43.2 Å². The summed E-state index contributed by atoms with van der Waals surface area (Å²) in [4.78, 5) is 17.9. The summed E-state index contributed by atoms with van der Waals surface area (Å²) in [5, 5.41) is 0. The molecule has 0 spiro atoms. The molecule has 1 aromatic heterocycles. The van der Waals surface area contributed by atoms with Gasteiger partial charge in [0.1, 0.15) is 13.2 Å². The SMILES string of the molecule is Cc1ccc(S(=O)(=O)Nc2cccc(C(=O)N=c3sc4cc5c(cc4n3C)OCCO5)c2)cc1. The summed E-state index contributed by atoms with van der Waals surface area (Å²) < 4.78 is 41.9. The van der Waals surface area contributed by atoms with Crippen LogP contribution in [-0.2, 0) is 17.1 Å². The van der Waals surface area contributed by atoms with Crippen LogP contribution in [0.2, 0.25) is 0 Å². The van der Waals surface area contributed by atoms with E-state index in [1.165, 1.54) is 29.5 Å². The topological polar surface area (TPSA) is 99.0 Å². The minimum atomic E-state index is -3.78. The van der Waals surface area contributed by atoms with E-state index in [4.69, 9.17) is 9.47 Å². The number of carbonyl (C=O) groups is 1. The molecule has 8 nitrogen and oxygen atoms in total. The van der Waals surface area contributed by atoms with Crippen molar-refractivity contribution in [3.8, 4) is 11.5 Å². The molecule has 4 aromatic rings. The van der Waals surface area contributed by atoms with Gasteiger partial charge in [-0.1, -0.05) is 35.1 Å². The number of aryl methyl sites for hydroxylation is 2. The van der Waals surface area contributed by atoms with Crippen LogP contribution in [0.25, 0.3) is 10.2 Å². The van der Waals surface area contributed by atoms with E-state index >= 15 is 0 Å². The number of nitrogens with one attached hydrogen (secondary N) is 1. The second-order valence-corrected chi connectivity index (χ2v) is 10.5. The van der Waals surface area contributed by atoms with E-state index in [-0.39, 0.29) is 16.1 Å². The lowest BCUT2D eigenvalue weighted by Crippen LogP contribution is -2.16. The molecular formula is C24H21N3O5S2. The highest BCUT2D eigenvalue weighted by Crippen LogP contribution is 2.35. The maximum absolute atomic E-state index is 12.9. The van der Waals surface area contributed by atoms with E-state index in [9.17, 15) is 13.2 Å². The molecule has 1 amide bonds. The van der Waals surface area contributed by atoms with Crippen LogP contribution in [0.4, 0.5) is 5.69 Å². The molecule has 1 aliphatic heterocycles. The molecule has 0 aliphatic carbocycles. The van der Waals surface area contributed by atoms with Gasteiger partial charge in [-0.25, -0.2) is 8.42 Å². The van der Waals surface area contributed by atoms with Gasteiger partial charge >= 0.3 is 0 Å². The highest BCUT2D eigenvalue weighted by atomic mass is 32.2. The number of thiazole rings is 1. The van der Waals surface area contributed by atoms with Gasteiger partial charge in [-0.3, -0.25) is 9.52 Å². The first kappa shape index (κ1) is 22.2. The highest BCUT2D eigenvalue weighted by Gasteiger charge is 2.17. The van der Waals surface area contributed by atoms with Crippen molar-refractivity contribution in [3.63, 3.8) is 0 Å². The number of benzene rings is 3. The molecule has 0 radical (unpaired) electrons. The lowest BCUT2D eigenvalue weighted by molar-refractivity contribution is 0.0998. The predicted octanol–water partition coefficient (Wildman–Crippen LogP) is 3.86. The Labute approximate surface area is 200 Å². The van der Waals surface area contributed by atoms with E-state index < -0.39 is 15.9 Å². The third-order valence-electron chi connectivity index (χ3n) is 5.36. The minimum Gasteiger partial charge on any atom is -0.486 e. The second-order valence-electron chi connectivity index (χ2n) is 7.82. The van der Waals surface area contributed by atoms with Crippen molar-refractivity contribution in [1.82, 2.24) is 4.57 Å². The number of carbonyl (C=O) groups excluding carboxylic acids is 1. The van der Waals surface area contributed by atoms with Crippen molar-refractivity contribution in [3.05, 3.63) is 76.6 Å². The van der Waals surface area contributed by atoms with Crippen molar-refractivity contribution in [2.45, 2.75) is 11.8 Å². The van der Waals surface area contributed by atoms with Crippen molar-refractivity contribution in [1.29, 1.82) is 0 Å². The highest BCUT2D eigenvalue weighted by molar-refractivity contribution is 7.92. The summed E-state index contributed by atoms with van der Waals surface area (Å²) in [6.45, 7) is 2.87. The number of sulfonamides is 1. The lowest BCUT2D eigenvalue weighted by Gasteiger charge is -2.18. The van der Waals surface area contributed by atoms with Crippen molar-refractivity contribution < 1.29 is 22.7 Å². The van der Waals surface area contributed by atoms with Gasteiger partial charge in [0.05, 0.1) is 15.1 Å². The third kappa shape index (κ3) is 4.29. The Morgan fingerprint density at radius 3 is 2.47 bits per heavy atom. The Balaban J connectivity index is 1.44. The van der Waals surface area contributed by atoms with Gasteiger partial charge in [0.2, 0.25) is 0 Å². The molecule has 5 rings (SSSR count). The number of rotatable bonds is 4. The summed E-state index contributed by atoms with van der Waals surface area (Å²) >= 11 is 1.36. The standard InChI is InChI=1S/C24H21N3O5S2/c1-15-6-8-18(9-7-15)34(29,30)26-17-5-3-4-16(12-17)23(28)25-24-27(2)19-13-20-21(14-22(19)33-24)32-11-10-31-20/h3-9,12-14,26H,10-11H2,1-2H3. The van der Waals surface area contributed by atoms with Crippen LogP contribution >= 0.6 is 11.3 Å². The molecule has 0 bridgehead atoms. The largest absolute Gasteiger partial charge is 0.486 e. The third-order valence-corrected chi connectivity index (χ3v) is 7.86. The summed E-state index contributed by atoms with van der Waals surface area (Å²) in [5.74, 6) is 0.862. The maximum atomic E-state index is 12.9. The Morgan fingerprint density at radius 1 is 1.03 bits per heavy atom. The zero-order valence-corrected chi connectivity index (χ0v) is 20.1. The molecule has 0 fully saturated rings. The fourth-order valence-electron chi connectivity index (χ4n) is 3.57. The van der Waals surface area contributed by atoms with Crippen LogP contribution in [0, 0.1) is 6.92 Å². The predicted molar refractivity (Wildman–Crippen MR) is 130 cm³/mol. The Bertz CT molecular complexity index is 1590. The van der Waals surface area contributed by atoms with Crippen molar-refractivity contribution in [2.75, 3.05) is 17.9 Å². The van der Waals surface area contributed by atoms with Gasteiger partial charge in [0, 0.05) is 30.4 Å². The lowest BCUT2D eigenvalue weighted by atomic mass is 10.2. The van der Waals surface area contributed by atoms with Gasteiger partial charge in [0.15, 0.2) is 16.3 Å². The van der Waals surface area contributed by atoms with Crippen molar-refractivity contribution in [2.24, 2.45) is 12.0 Å². The fourth-order valence-corrected chi connectivity index (χ4v) is 5.65. The van der Waals surface area contributed by atoms with Crippen LogP contribution in [0.1, 0.15) is 15.9 Å². The fraction of sp³-hybridized carbons (Fsp3) is 0.167. The summed E-state index contributed by atoms with van der Waals surface area (Å²) in [6, 6.07) is 16.6. The number of amides is 1.